The van der Waals surface area contributed by atoms with Gasteiger partial charge >= 0.3 is 6.18 Å². The van der Waals surface area contributed by atoms with E-state index in [1.807, 2.05) is 13.0 Å². The quantitative estimate of drug-likeness (QED) is 0.319. The highest BCUT2D eigenvalue weighted by molar-refractivity contribution is 7.15. The van der Waals surface area contributed by atoms with E-state index in [2.05, 4.69) is 10.3 Å². The van der Waals surface area contributed by atoms with Crippen molar-refractivity contribution < 1.29 is 22.7 Å². The Morgan fingerprint density at radius 2 is 2.03 bits per heavy atom. The molecule has 5 nitrogen and oxygen atoms in total. The molecule has 9 heteroatoms. The molecule has 2 aromatic carbocycles. The number of hydrogen-bond donors (Lipinski definition) is 1. The fourth-order valence-corrected chi connectivity index (χ4v) is 3.76. The number of nitriles is 1. The number of carbonyl (C=O) groups excluding carboxylic acids is 1. The van der Waals surface area contributed by atoms with Crippen LogP contribution in [0.1, 0.15) is 34.9 Å². The first kappa shape index (κ1) is 24.0. The van der Waals surface area contributed by atoms with Gasteiger partial charge in [-0.05, 0) is 30.2 Å². The molecular formula is C24H20F3N3O2S. The summed E-state index contributed by atoms with van der Waals surface area (Å²) in [4.78, 5) is 17.4. The van der Waals surface area contributed by atoms with Crippen LogP contribution in [-0.2, 0) is 17.4 Å². The van der Waals surface area contributed by atoms with E-state index >= 15 is 0 Å². The first-order chi connectivity index (χ1) is 15.8. The molecule has 0 radical (unpaired) electrons. The Kier molecular flexibility index (Phi) is 7.85. The van der Waals surface area contributed by atoms with Crippen LogP contribution < -0.4 is 10.1 Å². The minimum atomic E-state index is -4.41. The summed E-state index contributed by atoms with van der Waals surface area (Å²) in [5.74, 6) is -0.0692. The van der Waals surface area contributed by atoms with E-state index < -0.39 is 17.6 Å². The summed E-state index contributed by atoms with van der Waals surface area (Å²) >= 11 is 1.13. The lowest BCUT2D eigenvalue weighted by Gasteiger charge is -2.08. The molecule has 0 bridgehead atoms. The number of nitrogens with zero attached hydrogens (tertiary/aromatic N) is 2. The molecule has 0 aliphatic carbocycles. The van der Waals surface area contributed by atoms with E-state index in [1.54, 1.807) is 30.3 Å². The SMILES string of the molecule is CCCOc1ccccc1C=C(C#N)C(=O)Nc1ncc(Cc2cccc(C(F)(F)F)c2)s1. The van der Waals surface area contributed by atoms with Crippen molar-refractivity contribution in [2.24, 2.45) is 0 Å². The van der Waals surface area contributed by atoms with Gasteiger partial charge in [-0.1, -0.05) is 43.3 Å². The van der Waals surface area contributed by atoms with Crippen molar-refractivity contribution in [3.8, 4) is 11.8 Å². The van der Waals surface area contributed by atoms with Gasteiger partial charge in [0.1, 0.15) is 17.4 Å². The molecular weight excluding hydrogens is 451 g/mol. The number of hydrogen-bond acceptors (Lipinski definition) is 5. The highest BCUT2D eigenvalue weighted by Gasteiger charge is 2.30. The maximum atomic E-state index is 12.9. The van der Waals surface area contributed by atoms with E-state index in [1.165, 1.54) is 18.3 Å². The number of rotatable bonds is 8. The minimum absolute atomic E-state index is 0.128. The van der Waals surface area contributed by atoms with E-state index in [0.29, 0.717) is 28.4 Å². The summed E-state index contributed by atoms with van der Waals surface area (Å²) < 4.78 is 44.4. The second-order valence-electron chi connectivity index (χ2n) is 7.02. The van der Waals surface area contributed by atoms with Gasteiger partial charge in [0, 0.05) is 23.1 Å². The molecule has 170 valence electrons. The zero-order valence-corrected chi connectivity index (χ0v) is 18.5. The molecule has 0 fully saturated rings. The lowest BCUT2D eigenvalue weighted by Crippen LogP contribution is -2.13. The van der Waals surface area contributed by atoms with Gasteiger partial charge in [-0.3, -0.25) is 10.1 Å². The Balaban J connectivity index is 1.71. The largest absolute Gasteiger partial charge is 0.493 e. The third-order valence-electron chi connectivity index (χ3n) is 4.45. The number of carbonyl (C=O) groups is 1. The summed E-state index contributed by atoms with van der Waals surface area (Å²) in [5.41, 5.74) is 0.233. The van der Waals surface area contributed by atoms with Gasteiger partial charge in [-0.2, -0.15) is 18.4 Å². The highest BCUT2D eigenvalue weighted by Crippen LogP contribution is 2.31. The standard InChI is InChI=1S/C24H20F3N3O2S/c1-2-10-32-21-9-4-3-7-17(21)13-18(14-28)22(31)30-23-29-15-20(33-23)12-16-6-5-8-19(11-16)24(25,26)27/h3-9,11,13,15H,2,10,12H2,1H3,(H,29,30,31). The summed E-state index contributed by atoms with van der Waals surface area (Å²) in [7, 11) is 0. The number of amides is 1. The van der Waals surface area contributed by atoms with Crippen LogP contribution in [-0.4, -0.2) is 17.5 Å². The van der Waals surface area contributed by atoms with Crippen LogP contribution in [0.5, 0.6) is 5.75 Å². The molecule has 0 unspecified atom stereocenters. The third kappa shape index (κ3) is 6.67. The van der Waals surface area contributed by atoms with Gasteiger partial charge < -0.3 is 4.74 Å². The smallest absolute Gasteiger partial charge is 0.416 e. The molecule has 0 atom stereocenters. The second kappa shape index (κ2) is 10.8. The normalized spacial score (nSPS) is 11.7. The maximum Gasteiger partial charge on any atom is 0.416 e. The van der Waals surface area contributed by atoms with Crippen LogP contribution in [0.3, 0.4) is 0 Å². The summed E-state index contributed by atoms with van der Waals surface area (Å²) in [6.07, 6.45) is -0.429. The number of para-hydroxylation sites is 1. The number of halogens is 3. The van der Waals surface area contributed by atoms with Crippen LogP contribution in [0, 0.1) is 11.3 Å². The average molecular weight is 472 g/mol. The molecule has 1 N–H and O–H groups in total. The molecule has 0 aliphatic heterocycles. The number of aromatic nitrogens is 1. The minimum Gasteiger partial charge on any atom is -0.493 e. The summed E-state index contributed by atoms with van der Waals surface area (Å²) in [6.45, 7) is 2.48. The van der Waals surface area contributed by atoms with Crippen LogP contribution in [0.15, 0.2) is 60.3 Å². The molecule has 33 heavy (non-hydrogen) atoms. The van der Waals surface area contributed by atoms with E-state index in [4.69, 9.17) is 4.74 Å². The highest BCUT2D eigenvalue weighted by atomic mass is 32.1. The fraction of sp³-hybridized carbons (Fsp3) is 0.208. The predicted octanol–water partition coefficient (Wildman–Crippen LogP) is 6.09. The van der Waals surface area contributed by atoms with Crippen molar-refractivity contribution in [1.29, 1.82) is 5.26 Å². The Labute approximate surface area is 193 Å². The Bertz CT molecular complexity index is 1200. The number of alkyl halides is 3. The lowest BCUT2D eigenvalue weighted by molar-refractivity contribution is -0.137. The van der Waals surface area contributed by atoms with Gasteiger partial charge in [0.15, 0.2) is 5.13 Å². The van der Waals surface area contributed by atoms with Crippen molar-refractivity contribution >= 4 is 28.5 Å². The Hall–Kier alpha value is -3.64. The molecule has 3 rings (SSSR count). The number of ether oxygens (including phenoxy) is 1. The first-order valence-corrected chi connectivity index (χ1v) is 10.9. The van der Waals surface area contributed by atoms with Crippen LogP contribution in [0.25, 0.3) is 6.08 Å². The van der Waals surface area contributed by atoms with Crippen molar-refractivity contribution in [2.75, 3.05) is 11.9 Å². The zero-order valence-electron chi connectivity index (χ0n) is 17.6. The van der Waals surface area contributed by atoms with Crippen LogP contribution in [0.2, 0.25) is 0 Å². The van der Waals surface area contributed by atoms with Gasteiger partial charge in [0.2, 0.25) is 0 Å². The van der Waals surface area contributed by atoms with E-state index in [0.717, 1.165) is 29.9 Å². The maximum absolute atomic E-state index is 12.9. The molecule has 0 aliphatic rings. The topological polar surface area (TPSA) is 75.0 Å². The molecule has 1 aromatic heterocycles. The van der Waals surface area contributed by atoms with Gasteiger partial charge in [0.25, 0.3) is 5.91 Å². The van der Waals surface area contributed by atoms with Gasteiger partial charge in [0.05, 0.1) is 12.2 Å². The molecule has 3 aromatic rings. The molecule has 0 spiro atoms. The summed E-state index contributed by atoms with van der Waals surface area (Å²) in [5, 5.41) is 12.3. The first-order valence-electron chi connectivity index (χ1n) is 10.1. The number of thiazole rings is 1. The number of anilines is 1. The predicted molar refractivity (Wildman–Crippen MR) is 121 cm³/mol. The van der Waals surface area contributed by atoms with Gasteiger partial charge in [-0.25, -0.2) is 4.98 Å². The van der Waals surface area contributed by atoms with E-state index in [9.17, 15) is 23.2 Å². The Morgan fingerprint density at radius 1 is 1.24 bits per heavy atom. The molecule has 1 amide bonds. The van der Waals surface area contributed by atoms with Gasteiger partial charge in [-0.15, -0.1) is 11.3 Å². The monoisotopic (exact) mass is 471 g/mol. The van der Waals surface area contributed by atoms with Crippen LogP contribution >= 0.6 is 11.3 Å². The Morgan fingerprint density at radius 3 is 2.76 bits per heavy atom. The average Bonchev–Trinajstić information content (AvgIpc) is 3.22. The lowest BCUT2D eigenvalue weighted by atomic mass is 10.1. The number of nitrogens with one attached hydrogen (secondary N) is 1. The molecule has 0 saturated carbocycles. The van der Waals surface area contributed by atoms with Crippen molar-refractivity contribution in [2.45, 2.75) is 25.9 Å². The third-order valence-corrected chi connectivity index (χ3v) is 5.37. The molecule has 0 saturated heterocycles. The second-order valence-corrected chi connectivity index (χ2v) is 8.13. The number of benzene rings is 2. The van der Waals surface area contributed by atoms with E-state index in [-0.39, 0.29) is 17.1 Å². The van der Waals surface area contributed by atoms with Crippen LogP contribution in [0.4, 0.5) is 18.3 Å². The fourth-order valence-electron chi connectivity index (χ4n) is 2.92. The summed E-state index contributed by atoms with van der Waals surface area (Å²) in [6, 6.07) is 14.0. The van der Waals surface area contributed by atoms with Crippen molar-refractivity contribution in [1.82, 2.24) is 4.98 Å². The molecule has 1 heterocycles. The zero-order chi connectivity index (χ0) is 23.8. The van der Waals surface area contributed by atoms with Crippen molar-refractivity contribution in [3.05, 3.63) is 81.9 Å². The van der Waals surface area contributed by atoms with Crippen molar-refractivity contribution in [3.63, 3.8) is 0 Å².